The van der Waals surface area contributed by atoms with Gasteiger partial charge in [0.1, 0.15) is 5.60 Å². The maximum Gasteiger partial charge on any atom is 0.410 e. The molecule has 3 saturated heterocycles. The van der Waals surface area contributed by atoms with Gasteiger partial charge in [-0.2, -0.15) is 0 Å². The first-order chi connectivity index (χ1) is 16.0. The molecule has 0 radical (unpaired) electrons. The van der Waals surface area contributed by atoms with Gasteiger partial charge in [0, 0.05) is 33.2 Å². The third-order valence-electron chi connectivity index (χ3n) is 8.22. The van der Waals surface area contributed by atoms with Crippen LogP contribution in [0.3, 0.4) is 0 Å². The lowest BCUT2D eigenvalue weighted by atomic mass is 9.78. The third kappa shape index (κ3) is 5.35. The van der Waals surface area contributed by atoms with Crippen LogP contribution in [0.1, 0.15) is 65.7 Å². The van der Waals surface area contributed by atoms with Gasteiger partial charge < -0.3 is 24.0 Å². The minimum absolute atomic E-state index is 0.0303. The highest BCUT2D eigenvalue weighted by Crippen LogP contribution is 2.51. The Morgan fingerprint density at radius 3 is 2.47 bits per heavy atom. The van der Waals surface area contributed by atoms with Crippen LogP contribution in [-0.2, 0) is 19.0 Å². The molecule has 0 spiro atoms. The molecule has 3 aliphatic heterocycles. The van der Waals surface area contributed by atoms with Crippen LogP contribution in [0.15, 0.2) is 0 Å². The Kier molecular flexibility index (Phi) is 7.44. The van der Waals surface area contributed by atoms with E-state index in [1.165, 1.54) is 0 Å². The molecule has 6 atom stereocenters. The number of likely N-dealkylation sites (tertiary alicyclic amines) is 2. The molecule has 0 N–H and O–H groups in total. The van der Waals surface area contributed by atoms with Gasteiger partial charge in [-0.1, -0.05) is 0 Å². The Bertz CT molecular complexity index is 760. The van der Waals surface area contributed by atoms with Crippen molar-refractivity contribution in [3.8, 4) is 0 Å². The smallest absolute Gasteiger partial charge is 0.410 e. The molecular weight excluding hydrogens is 446 g/mol. The van der Waals surface area contributed by atoms with E-state index < -0.39 is 17.4 Å². The first-order valence-electron chi connectivity index (χ1n) is 12.7. The summed E-state index contributed by atoms with van der Waals surface area (Å²) < 4.78 is 44.1. The van der Waals surface area contributed by atoms with Crippen molar-refractivity contribution in [1.82, 2.24) is 9.80 Å². The number of amides is 2. The van der Waals surface area contributed by atoms with Crippen LogP contribution >= 0.6 is 0 Å². The highest BCUT2D eigenvalue weighted by atomic mass is 19.3. The highest BCUT2D eigenvalue weighted by molar-refractivity contribution is 5.84. The van der Waals surface area contributed by atoms with Gasteiger partial charge in [-0.05, 0) is 71.1 Å². The molecule has 4 rings (SSSR count). The van der Waals surface area contributed by atoms with E-state index in [1.807, 2.05) is 20.8 Å². The van der Waals surface area contributed by atoms with Crippen LogP contribution in [0.25, 0.3) is 0 Å². The van der Waals surface area contributed by atoms with E-state index >= 15 is 0 Å². The molecule has 2 amide bonds. The number of hydrogen-bond acceptors (Lipinski definition) is 5. The summed E-state index contributed by atoms with van der Waals surface area (Å²) in [7, 11) is 1.69. The number of halogens is 2. The van der Waals surface area contributed by atoms with Gasteiger partial charge in [0.25, 0.3) is 0 Å². The van der Waals surface area contributed by atoms with E-state index in [4.69, 9.17) is 14.2 Å². The van der Waals surface area contributed by atoms with Crippen molar-refractivity contribution in [1.29, 1.82) is 0 Å². The fraction of sp³-hybridized carbons (Fsp3) is 0.920. The third-order valence-corrected chi connectivity index (χ3v) is 8.22. The summed E-state index contributed by atoms with van der Waals surface area (Å²) in [5.74, 6) is 0.440. The van der Waals surface area contributed by atoms with Crippen molar-refractivity contribution in [2.24, 2.45) is 17.3 Å². The summed E-state index contributed by atoms with van der Waals surface area (Å²) in [6.07, 6.45) is 1.05. The number of methoxy groups -OCH3 is 1. The largest absolute Gasteiger partial charge is 0.444 e. The lowest BCUT2D eigenvalue weighted by Crippen LogP contribution is -2.55. The summed E-state index contributed by atoms with van der Waals surface area (Å²) in [6, 6.07) is -0.221. The summed E-state index contributed by atoms with van der Waals surface area (Å²) >= 11 is 0. The van der Waals surface area contributed by atoms with E-state index in [0.29, 0.717) is 51.5 Å². The van der Waals surface area contributed by atoms with Gasteiger partial charge in [-0.3, -0.25) is 4.79 Å². The molecule has 4 fully saturated rings. The number of fused-ring (bicyclic) bond motifs is 2. The summed E-state index contributed by atoms with van der Waals surface area (Å²) in [5.41, 5.74) is -1.59. The fourth-order valence-electron chi connectivity index (χ4n) is 6.68. The van der Waals surface area contributed by atoms with Gasteiger partial charge in [0.15, 0.2) is 0 Å². The Morgan fingerprint density at radius 2 is 1.85 bits per heavy atom. The van der Waals surface area contributed by atoms with Gasteiger partial charge in [0.2, 0.25) is 12.3 Å². The molecule has 0 aromatic carbocycles. The van der Waals surface area contributed by atoms with Gasteiger partial charge in [0.05, 0.1) is 30.2 Å². The van der Waals surface area contributed by atoms with Crippen LogP contribution < -0.4 is 0 Å². The maximum absolute atomic E-state index is 13.8. The number of rotatable bonds is 6. The predicted octanol–water partition coefficient (Wildman–Crippen LogP) is 4.09. The normalized spacial score (nSPS) is 35.9. The van der Waals surface area contributed by atoms with Crippen LogP contribution in [0.4, 0.5) is 13.6 Å². The van der Waals surface area contributed by atoms with Crippen LogP contribution in [-0.4, -0.2) is 85.4 Å². The van der Waals surface area contributed by atoms with Crippen molar-refractivity contribution >= 4 is 12.0 Å². The SMILES string of the molecule is CO[C@@H]1COCC[C@@H]1C[C@@H]1CC[C@](CC(F)F)(C(=O)N2C[C@H]3C[C@@H]2CN3C(=O)OC(C)(C)C)C1. The molecule has 0 aromatic heterocycles. The second-order valence-corrected chi connectivity index (χ2v) is 11.8. The fourth-order valence-corrected chi connectivity index (χ4v) is 6.68. The number of carbonyl (C=O) groups excluding carboxylic acids is 2. The molecule has 9 heteroatoms. The second-order valence-electron chi connectivity index (χ2n) is 11.8. The molecule has 0 unspecified atom stereocenters. The Morgan fingerprint density at radius 1 is 1.15 bits per heavy atom. The van der Waals surface area contributed by atoms with Crippen molar-refractivity contribution in [2.45, 2.75) is 95.9 Å². The molecule has 2 bridgehead atoms. The van der Waals surface area contributed by atoms with Crippen LogP contribution in [0, 0.1) is 17.3 Å². The van der Waals surface area contributed by atoms with E-state index in [1.54, 1.807) is 16.9 Å². The number of nitrogens with zero attached hydrogens (tertiary/aromatic N) is 2. The predicted molar refractivity (Wildman–Crippen MR) is 122 cm³/mol. The molecule has 7 nitrogen and oxygen atoms in total. The first kappa shape index (κ1) is 25.6. The van der Waals surface area contributed by atoms with Gasteiger partial charge in [-0.25, -0.2) is 13.6 Å². The second kappa shape index (κ2) is 9.88. The van der Waals surface area contributed by atoms with Gasteiger partial charge in [-0.15, -0.1) is 0 Å². The number of alkyl halides is 2. The number of ether oxygens (including phenoxy) is 3. The highest BCUT2D eigenvalue weighted by Gasteiger charge is 2.55. The van der Waals surface area contributed by atoms with E-state index in [-0.39, 0.29) is 42.5 Å². The van der Waals surface area contributed by atoms with Crippen LogP contribution in [0.5, 0.6) is 0 Å². The molecule has 34 heavy (non-hydrogen) atoms. The number of hydrogen-bond donors (Lipinski definition) is 0. The Hall–Kier alpha value is -1.48. The zero-order chi connectivity index (χ0) is 24.7. The average Bonchev–Trinajstić information content (AvgIpc) is 3.47. The topological polar surface area (TPSA) is 68.3 Å². The maximum atomic E-state index is 13.8. The Balaban J connectivity index is 1.41. The Labute approximate surface area is 201 Å². The first-order valence-corrected chi connectivity index (χ1v) is 12.7. The minimum Gasteiger partial charge on any atom is -0.444 e. The van der Waals surface area contributed by atoms with Crippen molar-refractivity contribution in [3.63, 3.8) is 0 Å². The zero-order valence-electron chi connectivity index (χ0n) is 20.9. The summed E-state index contributed by atoms with van der Waals surface area (Å²) in [6.45, 7) is 7.57. The average molecular weight is 487 g/mol. The molecule has 4 aliphatic rings. The number of carbonyl (C=O) groups is 2. The quantitative estimate of drug-likeness (QED) is 0.566. The van der Waals surface area contributed by atoms with Crippen molar-refractivity contribution in [2.75, 3.05) is 33.4 Å². The molecule has 1 aliphatic carbocycles. The number of piperazine rings is 1. The standard InChI is InChI=1S/C25H40F2N2O5/c1-24(2,3)34-23(31)29-14-18-10-19(29)13-28(18)22(30)25(12-21(26)27)7-5-16(11-25)9-17-6-8-33-15-20(17)32-4/h16-21H,5-15H2,1-4H3/t16-,17+,18+,19+,20+,25-/m0/s1. The summed E-state index contributed by atoms with van der Waals surface area (Å²) in [4.78, 5) is 29.8. The molecular formula is C25H40F2N2O5. The minimum atomic E-state index is -2.52. The molecule has 194 valence electrons. The van der Waals surface area contributed by atoms with Crippen LogP contribution in [0.2, 0.25) is 0 Å². The lowest BCUT2D eigenvalue weighted by Gasteiger charge is -2.40. The molecule has 0 aromatic rings. The summed E-state index contributed by atoms with van der Waals surface area (Å²) in [5, 5.41) is 0. The van der Waals surface area contributed by atoms with E-state index in [0.717, 1.165) is 19.3 Å². The zero-order valence-corrected chi connectivity index (χ0v) is 20.9. The van der Waals surface area contributed by atoms with E-state index in [2.05, 4.69) is 0 Å². The lowest BCUT2D eigenvalue weighted by molar-refractivity contribution is -0.147. The monoisotopic (exact) mass is 486 g/mol. The van der Waals surface area contributed by atoms with E-state index in [9.17, 15) is 18.4 Å². The van der Waals surface area contributed by atoms with Gasteiger partial charge >= 0.3 is 6.09 Å². The molecule has 1 saturated carbocycles. The van der Waals surface area contributed by atoms with Crippen molar-refractivity contribution < 1.29 is 32.6 Å². The molecule has 3 heterocycles. The van der Waals surface area contributed by atoms with Crippen molar-refractivity contribution in [3.05, 3.63) is 0 Å².